The third kappa shape index (κ3) is 3.59. The molecule has 94 valence electrons. The van der Waals surface area contributed by atoms with Gasteiger partial charge in [-0.1, -0.05) is 43.4 Å². The molecule has 0 saturated heterocycles. The second kappa shape index (κ2) is 6.06. The summed E-state index contributed by atoms with van der Waals surface area (Å²) in [6.45, 7) is 0. The van der Waals surface area contributed by atoms with Crippen molar-refractivity contribution in [2.45, 2.75) is 43.9 Å². The molecule has 1 aromatic carbocycles. The van der Waals surface area contributed by atoms with E-state index in [9.17, 15) is 4.39 Å². The summed E-state index contributed by atoms with van der Waals surface area (Å²) in [5, 5.41) is 0.481. The summed E-state index contributed by atoms with van der Waals surface area (Å²) in [5.74, 6) is 0.484. The number of benzene rings is 1. The van der Waals surface area contributed by atoms with E-state index >= 15 is 0 Å². The smallest absolute Gasteiger partial charge is 0.127 e. The van der Waals surface area contributed by atoms with Crippen molar-refractivity contribution in [1.82, 2.24) is 0 Å². The Balaban J connectivity index is 1.95. The zero-order valence-electron chi connectivity index (χ0n) is 9.76. The molecule has 0 N–H and O–H groups in total. The highest BCUT2D eigenvalue weighted by atomic mass is 35.5. The van der Waals surface area contributed by atoms with Crippen LogP contribution in [-0.4, -0.2) is 5.38 Å². The van der Waals surface area contributed by atoms with Gasteiger partial charge in [-0.2, -0.15) is 0 Å². The van der Waals surface area contributed by atoms with E-state index in [0.29, 0.717) is 17.0 Å². The Labute approximate surface area is 112 Å². The van der Waals surface area contributed by atoms with Crippen molar-refractivity contribution >= 4 is 23.2 Å². The second-order valence-electron chi connectivity index (χ2n) is 4.89. The van der Waals surface area contributed by atoms with Gasteiger partial charge in [0, 0.05) is 16.0 Å². The number of rotatable bonds is 4. The highest BCUT2D eigenvalue weighted by Crippen LogP contribution is 2.32. The van der Waals surface area contributed by atoms with E-state index in [1.54, 1.807) is 12.1 Å². The lowest BCUT2D eigenvalue weighted by Crippen LogP contribution is -2.10. The van der Waals surface area contributed by atoms with Crippen LogP contribution in [0.4, 0.5) is 4.39 Å². The molecule has 0 aliphatic heterocycles. The zero-order valence-corrected chi connectivity index (χ0v) is 11.3. The van der Waals surface area contributed by atoms with Gasteiger partial charge < -0.3 is 0 Å². The van der Waals surface area contributed by atoms with Crippen molar-refractivity contribution in [1.29, 1.82) is 0 Å². The maximum atomic E-state index is 13.6. The highest BCUT2D eigenvalue weighted by Gasteiger charge is 2.20. The first-order valence-corrected chi connectivity index (χ1v) is 7.05. The van der Waals surface area contributed by atoms with Gasteiger partial charge in [0.15, 0.2) is 0 Å². The maximum absolute atomic E-state index is 13.6. The van der Waals surface area contributed by atoms with Crippen molar-refractivity contribution in [3.05, 3.63) is 34.6 Å². The topological polar surface area (TPSA) is 0 Å². The summed E-state index contributed by atoms with van der Waals surface area (Å²) in [7, 11) is 0. The third-order valence-corrected chi connectivity index (χ3v) is 4.24. The Hall–Kier alpha value is -0.270. The van der Waals surface area contributed by atoms with Gasteiger partial charge in [-0.25, -0.2) is 4.39 Å². The summed E-state index contributed by atoms with van der Waals surface area (Å²) >= 11 is 12.3. The lowest BCUT2D eigenvalue weighted by atomic mass is 9.98. The minimum Gasteiger partial charge on any atom is -0.207 e. The molecule has 2 rings (SSSR count). The molecule has 1 aliphatic rings. The molecular weight excluding hydrogens is 258 g/mol. The zero-order chi connectivity index (χ0) is 12.3. The van der Waals surface area contributed by atoms with Crippen molar-refractivity contribution in [3.63, 3.8) is 0 Å². The molecule has 0 heterocycles. The molecule has 17 heavy (non-hydrogen) atoms. The fraction of sp³-hybridized carbons (Fsp3) is 0.571. The van der Waals surface area contributed by atoms with Crippen molar-refractivity contribution in [2.24, 2.45) is 5.92 Å². The molecule has 0 amide bonds. The van der Waals surface area contributed by atoms with Crippen LogP contribution in [0, 0.1) is 11.7 Å². The van der Waals surface area contributed by atoms with Gasteiger partial charge in [0.2, 0.25) is 0 Å². The molecule has 0 radical (unpaired) electrons. The van der Waals surface area contributed by atoms with E-state index in [-0.39, 0.29) is 11.2 Å². The fourth-order valence-corrected chi connectivity index (χ4v) is 3.29. The normalized spacial score (nSPS) is 18.5. The Kier molecular flexibility index (Phi) is 4.69. The van der Waals surface area contributed by atoms with Gasteiger partial charge >= 0.3 is 0 Å². The van der Waals surface area contributed by atoms with E-state index in [4.69, 9.17) is 23.2 Å². The van der Waals surface area contributed by atoms with Crippen LogP contribution in [0.3, 0.4) is 0 Å². The Morgan fingerprint density at radius 2 is 2.00 bits per heavy atom. The first-order chi connectivity index (χ1) is 8.16. The second-order valence-corrected chi connectivity index (χ2v) is 5.91. The van der Waals surface area contributed by atoms with Crippen LogP contribution < -0.4 is 0 Å². The third-order valence-electron chi connectivity index (χ3n) is 3.55. The van der Waals surface area contributed by atoms with Crippen LogP contribution in [0.15, 0.2) is 18.2 Å². The van der Waals surface area contributed by atoms with Gasteiger partial charge in [-0.05, 0) is 30.9 Å². The molecule has 3 heteroatoms. The summed E-state index contributed by atoms with van der Waals surface area (Å²) < 4.78 is 13.6. The van der Waals surface area contributed by atoms with Crippen LogP contribution in [0.5, 0.6) is 0 Å². The fourth-order valence-electron chi connectivity index (χ4n) is 2.64. The molecule has 1 saturated carbocycles. The molecule has 0 nitrogen and oxygen atoms in total. The molecule has 1 atom stereocenters. The molecule has 0 aromatic heterocycles. The van der Waals surface area contributed by atoms with Gasteiger partial charge in [-0.15, -0.1) is 11.6 Å². The Morgan fingerprint density at radius 1 is 1.29 bits per heavy atom. The van der Waals surface area contributed by atoms with Gasteiger partial charge in [0.25, 0.3) is 0 Å². The predicted octanol–water partition coefficient (Wildman–Crippen LogP) is 5.21. The van der Waals surface area contributed by atoms with E-state index in [1.165, 1.54) is 31.7 Å². The first-order valence-electron chi connectivity index (χ1n) is 6.23. The molecule has 1 unspecified atom stereocenters. The maximum Gasteiger partial charge on any atom is 0.127 e. The molecular formula is C14H17Cl2F. The molecule has 0 spiro atoms. The summed E-state index contributed by atoms with van der Waals surface area (Å²) in [6, 6.07) is 4.79. The highest BCUT2D eigenvalue weighted by molar-refractivity contribution is 6.31. The number of hydrogen-bond donors (Lipinski definition) is 0. The van der Waals surface area contributed by atoms with E-state index in [0.717, 1.165) is 12.3 Å². The average molecular weight is 275 g/mol. The number of hydrogen-bond acceptors (Lipinski definition) is 0. The number of alkyl halides is 1. The number of halogens is 3. The van der Waals surface area contributed by atoms with E-state index in [1.807, 2.05) is 0 Å². The van der Waals surface area contributed by atoms with Crippen LogP contribution in [0.1, 0.15) is 37.7 Å². The lowest BCUT2D eigenvalue weighted by molar-refractivity contribution is 0.484. The SMILES string of the molecule is Fc1cccc(Cl)c1CC(Cl)CC1CCCC1. The summed E-state index contributed by atoms with van der Waals surface area (Å²) in [5.41, 5.74) is 0.562. The van der Waals surface area contributed by atoms with Gasteiger partial charge in [-0.3, -0.25) is 0 Å². The summed E-state index contributed by atoms with van der Waals surface area (Å²) in [6.07, 6.45) is 6.68. The predicted molar refractivity (Wildman–Crippen MR) is 71.3 cm³/mol. The van der Waals surface area contributed by atoms with E-state index < -0.39 is 0 Å². The summed E-state index contributed by atoms with van der Waals surface area (Å²) in [4.78, 5) is 0. The standard InChI is InChI=1S/C14H17Cl2F/c15-11(8-10-4-1-2-5-10)9-12-13(16)6-3-7-14(12)17/h3,6-7,10-11H,1-2,4-5,8-9H2. The molecule has 1 aliphatic carbocycles. The monoisotopic (exact) mass is 274 g/mol. The van der Waals surface area contributed by atoms with Crippen LogP contribution in [0.2, 0.25) is 5.02 Å². The van der Waals surface area contributed by atoms with Crippen LogP contribution >= 0.6 is 23.2 Å². The Morgan fingerprint density at radius 3 is 2.65 bits per heavy atom. The molecule has 1 aromatic rings. The average Bonchev–Trinajstić information content (AvgIpc) is 2.76. The van der Waals surface area contributed by atoms with Gasteiger partial charge in [0.05, 0.1) is 0 Å². The minimum absolute atomic E-state index is 0.00694. The van der Waals surface area contributed by atoms with E-state index in [2.05, 4.69) is 0 Å². The first kappa shape index (κ1) is 13.2. The quantitative estimate of drug-likeness (QED) is 0.662. The minimum atomic E-state index is -0.241. The van der Waals surface area contributed by atoms with Crippen molar-refractivity contribution in [3.8, 4) is 0 Å². The van der Waals surface area contributed by atoms with Gasteiger partial charge in [0.1, 0.15) is 5.82 Å². The Bertz CT molecular complexity index is 352. The van der Waals surface area contributed by atoms with Crippen molar-refractivity contribution < 1.29 is 4.39 Å². The van der Waals surface area contributed by atoms with Crippen molar-refractivity contribution in [2.75, 3.05) is 0 Å². The largest absolute Gasteiger partial charge is 0.207 e. The van der Waals surface area contributed by atoms with Crippen LogP contribution in [-0.2, 0) is 6.42 Å². The molecule has 0 bridgehead atoms. The lowest BCUT2D eigenvalue weighted by Gasteiger charge is -2.15. The van der Waals surface area contributed by atoms with Crippen LogP contribution in [0.25, 0.3) is 0 Å². The molecule has 1 fully saturated rings.